The Hall–Kier alpha value is -0.970. The number of aryl methyl sites for hydroxylation is 1. The van der Waals surface area contributed by atoms with E-state index in [-0.39, 0.29) is 12.5 Å². The standard InChI is InChI=1S/C14H21F3N2/c1-10-9-11-12(18)5-4-6-13(11)19(10)8-3-2-7-14(15,16)17/h9,12H,2-8,18H2,1H3. The summed E-state index contributed by atoms with van der Waals surface area (Å²) in [6, 6.07) is 2.20. The molecule has 0 saturated heterocycles. The smallest absolute Gasteiger partial charge is 0.349 e. The molecule has 5 heteroatoms. The van der Waals surface area contributed by atoms with Gasteiger partial charge in [-0.05, 0) is 50.7 Å². The summed E-state index contributed by atoms with van der Waals surface area (Å²) in [5.41, 5.74) is 9.63. The van der Waals surface area contributed by atoms with Crippen LogP contribution in [0.1, 0.15) is 55.1 Å². The van der Waals surface area contributed by atoms with Gasteiger partial charge < -0.3 is 10.3 Å². The minimum absolute atomic E-state index is 0.0962. The summed E-state index contributed by atoms with van der Waals surface area (Å²) >= 11 is 0. The van der Waals surface area contributed by atoms with E-state index >= 15 is 0 Å². The van der Waals surface area contributed by atoms with Crippen molar-refractivity contribution in [1.29, 1.82) is 0 Å². The number of nitrogens with two attached hydrogens (primary N) is 1. The molecule has 0 aromatic carbocycles. The average molecular weight is 274 g/mol. The van der Waals surface area contributed by atoms with E-state index in [2.05, 4.69) is 10.6 Å². The quantitative estimate of drug-likeness (QED) is 0.830. The highest BCUT2D eigenvalue weighted by Crippen LogP contribution is 2.31. The summed E-state index contributed by atoms with van der Waals surface area (Å²) in [5.74, 6) is 0. The molecule has 0 bridgehead atoms. The van der Waals surface area contributed by atoms with Crippen molar-refractivity contribution in [2.45, 2.75) is 64.2 Å². The molecule has 1 heterocycles. The summed E-state index contributed by atoms with van der Waals surface area (Å²) in [6.45, 7) is 2.68. The monoisotopic (exact) mass is 274 g/mol. The Kier molecular flexibility index (Phi) is 4.23. The first-order valence-corrected chi connectivity index (χ1v) is 6.90. The molecule has 0 saturated carbocycles. The molecular formula is C14H21F3N2. The summed E-state index contributed by atoms with van der Waals surface area (Å²) < 4.78 is 38.5. The number of hydrogen-bond donors (Lipinski definition) is 1. The molecular weight excluding hydrogens is 253 g/mol. The van der Waals surface area contributed by atoms with Gasteiger partial charge in [-0.2, -0.15) is 13.2 Å². The van der Waals surface area contributed by atoms with E-state index in [0.29, 0.717) is 13.0 Å². The summed E-state index contributed by atoms with van der Waals surface area (Å²) in [7, 11) is 0. The molecule has 1 unspecified atom stereocenters. The zero-order valence-corrected chi connectivity index (χ0v) is 11.3. The number of unbranched alkanes of at least 4 members (excludes halogenated alkanes) is 1. The minimum atomic E-state index is -4.03. The molecule has 2 rings (SSSR count). The Labute approximate surface area is 111 Å². The molecule has 2 N–H and O–H groups in total. The summed E-state index contributed by atoms with van der Waals surface area (Å²) in [4.78, 5) is 0. The highest BCUT2D eigenvalue weighted by molar-refractivity contribution is 5.32. The van der Waals surface area contributed by atoms with Gasteiger partial charge in [0.15, 0.2) is 0 Å². The minimum Gasteiger partial charge on any atom is -0.349 e. The molecule has 0 amide bonds. The maximum absolute atomic E-state index is 12.1. The third-order valence-corrected chi connectivity index (χ3v) is 3.87. The van der Waals surface area contributed by atoms with Crippen molar-refractivity contribution >= 4 is 0 Å². The van der Waals surface area contributed by atoms with Crippen LogP contribution in [0.4, 0.5) is 13.2 Å². The van der Waals surface area contributed by atoms with E-state index in [1.54, 1.807) is 0 Å². The fraction of sp³-hybridized carbons (Fsp3) is 0.714. The Morgan fingerprint density at radius 3 is 2.79 bits per heavy atom. The van der Waals surface area contributed by atoms with E-state index in [1.165, 1.54) is 11.3 Å². The number of halogens is 3. The van der Waals surface area contributed by atoms with E-state index in [1.807, 2.05) is 6.92 Å². The van der Waals surface area contributed by atoms with Crippen LogP contribution >= 0.6 is 0 Å². The van der Waals surface area contributed by atoms with Crippen molar-refractivity contribution < 1.29 is 13.2 Å². The number of aromatic nitrogens is 1. The predicted molar refractivity (Wildman–Crippen MR) is 68.9 cm³/mol. The van der Waals surface area contributed by atoms with Gasteiger partial charge in [0, 0.05) is 30.4 Å². The van der Waals surface area contributed by atoms with Crippen molar-refractivity contribution in [2.24, 2.45) is 5.73 Å². The first-order chi connectivity index (χ1) is 8.88. The molecule has 0 fully saturated rings. The zero-order chi connectivity index (χ0) is 14.0. The van der Waals surface area contributed by atoms with Crippen LogP contribution in [0.5, 0.6) is 0 Å². The SMILES string of the molecule is Cc1cc2c(n1CCCCC(F)(F)F)CCCC2N. The van der Waals surface area contributed by atoms with Gasteiger partial charge in [-0.25, -0.2) is 0 Å². The van der Waals surface area contributed by atoms with Crippen molar-refractivity contribution in [3.63, 3.8) is 0 Å². The van der Waals surface area contributed by atoms with Crippen molar-refractivity contribution in [3.05, 3.63) is 23.0 Å². The van der Waals surface area contributed by atoms with Gasteiger partial charge in [0.2, 0.25) is 0 Å². The van der Waals surface area contributed by atoms with Gasteiger partial charge in [-0.1, -0.05) is 0 Å². The first-order valence-electron chi connectivity index (χ1n) is 6.90. The predicted octanol–water partition coefficient (Wildman–Crippen LogP) is 3.87. The second-order valence-electron chi connectivity index (χ2n) is 5.41. The topological polar surface area (TPSA) is 30.9 Å². The normalized spacial score (nSPS) is 19.5. The van der Waals surface area contributed by atoms with E-state index < -0.39 is 12.6 Å². The number of fused-ring (bicyclic) bond motifs is 1. The first kappa shape index (κ1) is 14.4. The van der Waals surface area contributed by atoms with Crippen LogP contribution in [0.3, 0.4) is 0 Å². The fourth-order valence-corrected chi connectivity index (χ4v) is 2.91. The van der Waals surface area contributed by atoms with E-state index in [4.69, 9.17) is 5.73 Å². The van der Waals surface area contributed by atoms with E-state index in [9.17, 15) is 13.2 Å². The molecule has 108 valence electrons. The van der Waals surface area contributed by atoms with Gasteiger partial charge in [0.05, 0.1) is 0 Å². The highest BCUT2D eigenvalue weighted by atomic mass is 19.4. The van der Waals surface area contributed by atoms with Gasteiger partial charge in [-0.15, -0.1) is 0 Å². The molecule has 0 aliphatic heterocycles. The van der Waals surface area contributed by atoms with Crippen molar-refractivity contribution in [3.8, 4) is 0 Å². The van der Waals surface area contributed by atoms with Crippen LogP contribution in [0.25, 0.3) is 0 Å². The van der Waals surface area contributed by atoms with E-state index in [0.717, 1.165) is 25.0 Å². The summed E-state index contributed by atoms with van der Waals surface area (Å²) in [6.07, 6.45) is -0.887. The second-order valence-corrected chi connectivity index (χ2v) is 5.41. The molecule has 19 heavy (non-hydrogen) atoms. The molecule has 0 spiro atoms. The third-order valence-electron chi connectivity index (χ3n) is 3.87. The number of nitrogens with zero attached hydrogens (tertiary/aromatic N) is 1. The Morgan fingerprint density at radius 2 is 2.11 bits per heavy atom. The van der Waals surface area contributed by atoms with Crippen molar-refractivity contribution in [1.82, 2.24) is 4.57 Å². The molecule has 1 aliphatic rings. The van der Waals surface area contributed by atoms with Gasteiger partial charge in [0.1, 0.15) is 0 Å². The Balaban J connectivity index is 1.97. The lowest BCUT2D eigenvalue weighted by Gasteiger charge is -2.21. The molecule has 1 aromatic rings. The van der Waals surface area contributed by atoms with Crippen LogP contribution < -0.4 is 5.73 Å². The van der Waals surface area contributed by atoms with Crippen LogP contribution in [0.2, 0.25) is 0 Å². The average Bonchev–Trinajstić information content (AvgIpc) is 2.62. The molecule has 0 radical (unpaired) electrons. The largest absolute Gasteiger partial charge is 0.389 e. The Morgan fingerprint density at radius 1 is 1.37 bits per heavy atom. The highest BCUT2D eigenvalue weighted by Gasteiger charge is 2.26. The fourth-order valence-electron chi connectivity index (χ4n) is 2.91. The zero-order valence-electron chi connectivity index (χ0n) is 11.3. The Bertz CT molecular complexity index is 435. The number of alkyl halides is 3. The van der Waals surface area contributed by atoms with Crippen LogP contribution in [-0.2, 0) is 13.0 Å². The molecule has 1 aromatic heterocycles. The summed E-state index contributed by atoms with van der Waals surface area (Å²) in [5, 5.41) is 0. The van der Waals surface area contributed by atoms with Gasteiger partial charge >= 0.3 is 6.18 Å². The number of rotatable bonds is 4. The second kappa shape index (κ2) is 5.57. The lowest BCUT2D eigenvalue weighted by atomic mass is 9.93. The van der Waals surface area contributed by atoms with Crippen LogP contribution in [-0.4, -0.2) is 10.7 Å². The third kappa shape index (κ3) is 3.53. The van der Waals surface area contributed by atoms with Gasteiger partial charge in [-0.3, -0.25) is 0 Å². The molecule has 1 atom stereocenters. The van der Waals surface area contributed by atoms with Gasteiger partial charge in [0.25, 0.3) is 0 Å². The molecule has 2 nitrogen and oxygen atoms in total. The lowest BCUT2D eigenvalue weighted by molar-refractivity contribution is -0.135. The molecule has 1 aliphatic carbocycles. The maximum atomic E-state index is 12.1. The lowest BCUT2D eigenvalue weighted by Crippen LogP contribution is -2.18. The van der Waals surface area contributed by atoms with Crippen LogP contribution in [0.15, 0.2) is 6.07 Å². The van der Waals surface area contributed by atoms with Crippen molar-refractivity contribution in [2.75, 3.05) is 0 Å². The maximum Gasteiger partial charge on any atom is 0.389 e. The van der Waals surface area contributed by atoms with Crippen LogP contribution in [0, 0.1) is 6.92 Å². The number of hydrogen-bond acceptors (Lipinski definition) is 1.